The number of hydrogen-bond acceptors (Lipinski definition) is 4. The number of benzene rings is 2. The zero-order valence-electron chi connectivity index (χ0n) is 26.7. The van der Waals surface area contributed by atoms with Gasteiger partial charge in [-0.05, 0) is 63.7 Å². The minimum absolute atomic E-state index is 0. The van der Waals surface area contributed by atoms with E-state index in [2.05, 4.69) is 92.9 Å². The van der Waals surface area contributed by atoms with Crippen LogP contribution in [0.1, 0.15) is 52.7 Å². The summed E-state index contributed by atoms with van der Waals surface area (Å²) in [6.45, 7) is 13.3. The summed E-state index contributed by atoms with van der Waals surface area (Å²) >= 11 is 0. The average molecular weight is 767 g/mol. The molecule has 0 saturated heterocycles. The van der Waals surface area contributed by atoms with Crippen LogP contribution in [0.25, 0.3) is 45.2 Å². The van der Waals surface area contributed by atoms with Gasteiger partial charge in [0.2, 0.25) is 0 Å². The van der Waals surface area contributed by atoms with Gasteiger partial charge in [-0.25, -0.2) is 0 Å². The zero-order valence-corrected chi connectivity index (χ0v) is 29.1. The summed E-state index contributed by atoms with van der Waals surface area (Å²) in [5, 5.41) is 0. The third-order valence-corrected chi connectivity index (χ3v) is 7.26. The van der Waals surface area contributed by atoms with E-state index in [4.69, 9.17) is 4.98 Å². The molecule has 0 aliphatic carbocycles. The minimum Gasteiger partial charge on any atom is -0.335 e. The zero-order chi connectivity index (χ0) is 31.2. The average Bonchev–Trinajstić information content (AvgIpc) is 3.05. The molecule has 0 amide bonds. The van der Waals surface area contributed by atoms with Crippen molar-refractivity contribution in [3.8, 4) is 45.2 Å². The summed E-state index contributed by atoms with van der Waals surface area (Å²) in [6, 6.07) is 40.9. The molecule has 2 aromatic carbocycles. The van der Waals surface area contributed by atoms with Crippen LogP contribution < -0.4 is 0 Å². The smallest absolute Gasteiger partial charge is 0.0889 e. The Bertz CT molecular complexity index is 1690. The Morgan fingerprint density at radius 3 is 1.49 bits per heavy atom. The van der Waals surface area contributed by atoms with Crippen molar-refractivity contribution in [1.82, 2.24) is 19.9 Å². The molecule has 0 atom stereocenters. The van der Waals surface area contributed by atoms with Crippen LogP contribution in [0, 0.1) is 12.1 Å². The molecule has 0 unspecified atom stereocenters. The van der Waals surface area contributed by atoms with Crippen LogP contribution in [0.3, 0.4) is 0 Å². The fourth-order valence-electron chi connectivity index (χ4n) is 4.65. The van der Waals surface area contributed by atoms with Crippen LogP contribution >= 0.6 is 0 Å². The molecule has 6 rings (SSSR count). The third-order valence-electron chi connectivity index (χ3n) is 7.26. The summed E-state index contributed by atoms with van der Waals surface area (Å²) in [7, 11) is 0. The van der Waals surface area contributed by atoms with Gasteiger partial charge in [0, 0.05) is 44.4 Å². The molecule has 0 N–H and O–H groups in total. The first kappa shape index (κ1) is 33.6. The molecule has 0 spiro atoms. The van der Waals surface area contributed by atoms with Gasteiger partial charge in [0.05, 0.1) is 11.4 Å². The van der Waals surface area contributed by atoms with Crippen LogP contribution in [0.2, 0.25) is 0 Å². The van der Waals surface area contributed by atoms with E-state index < -0.39 is 0 Å². The molecule has 0 bridgehead atoms. The number of rotatable bonds is 4. The van der Waals surface area contributed by atoms with Crippen molar-refractivity contribution < 1.29 is 20.1 Å². The Morgan fingerprint density at radius 1 is 0.467 bits per heavy atom. The van der Waals surface area contributed by atoms with E-state index in [0.717, 1.165) is 45.2 Å². The first-order valence-electron chi connectivity index (χ1n) is 14.9. The molecule has 4 heterocycles. The van der Waals surface area contributed by atoms with Gasteiger partial charge in [0.1, 0.15) is 0 Å². The predicted octanol–water partition coefficient (Wildman–Crippen LogP) is 9.81. The summed E-state index contributed by atoms with van der Waals surface area (Å²) < 4.78 is 0. The molecule has 0 saturated carbocycles. The van der Waals surface area contributed by atoms with Crippen LogP contribution in [-0.4, -0.2) is 19.9 Å². The van der Waals surface area contributed by atoms with Crippen molar-refractivity contribution in [3.63, 3.8) is 0 Å². The maximum atomic E-state index is 4.77. The van der Waals surface area contributed by atoms with Gasteiger partial charge in [0.15, 0.2) is 0 Å². The van der Waals surface area contributed by atoms with Gasteiger partial charge in [-0.3, -0.25) is 15.0 Å². The summed E-state index contributed by atoms with van der Waals surface area (Å²) in [6.07, 6.45) is 5.54. The predicted molar refractivity (Wildman–Crippen MR) is 181 cm³/mol. The Balaban J connectivity index is 0.000000204. The third kappa shape index (κ3) is 8.88. The standard InChI is InChI=1S/C22H14N2.C18H24N2.Ir/c1-2-8-17(9-3-1)21-13-7-14-22(24-21)19-11-6-10-18(16-19)20-12-4-5-15-23-20;1-17(2,3)13-7-9-19-15(11-13)16-12-14(8-10-20-16)18(4,5)6;/h1-8,10-15H;7-12H,1-6H3;/q-2;;. The van der Waals surface area contributed by atoms with Crippen molar-refractivity contribution in [2.24, 2.45) is 0 Å². The molecule has 6 aromatic rings. The molecule has 0 aliphatic rings. The largest absolute Gasteiger partial charge is 0.335 e. The van der Waals surface area contributed by atoms with Crippen LogP contribution in [-0.2, 0) is 30.9 Å². The topological polar surface area (TPSA) is 51.6 Å². The van der Waals surface area contributed by atoms with Crippen molar-refractivity contribution in [2.75, 3.05) is 0 Å². The van der Waals surface area contributed by atoms with Crippen molar-refractivity contribution in [1.29, 1.82) is 0 Å². The number of aromatic nitrogens is 4. The summed E-state index contributed by atoms with van der Waals surface area (Å²) in [5.74, 6) is 0. The molecule has 45 heavy (non-hydrogen) atoms. The molecule has 4 aromatic heterocycles. The van der Waals surface area contributed by atoms with Crippen molar-refractivity contribution in [3.05, 3.63) is 145 Å². The second-order valence-electron chi connectivity index (χ2n) is 12.7. The molecule has 0 fully saturated rings. The molecular formula is C40H38IrN4-2. The monoisotopic (exact) mass is 767 g/mol. The number of nitrogens with zero attached hydrogens (tertiary/aromatic N) is 4. The first-order valence-corrected chi connectivity index (χ1v) is 14.9. The summed E-state index contributed by atoms with van der Waals surface area (Å²) in [4.78, 5) is 18.1. The molecule has 4 nitrogen and oxygen atoms in total. The van der Waals surface area contributed by atoms with E-state index in [9.17, 15) is 0 Å². The number of pyridine rings is 4. The Morgan fingerprint density at radius 2 is 0.956 bits per heavy atom. The van der Waals surface area contributed by atoms with Gasteiger partial charge < -0.3 is 4.98 Å². The van der Waals surface area contributed by atoms with E-state index in [1.807, 2.05) is 91.3 Å². The first-order chi connectivity index (χ1) is 21.1. The van der Waals surface area contributed by atoms with E-state index in [0.29, 0.717) is 0 Å². The van der Waals surface area contributed by atoms with Gasteiger partial charge in [0.25, 0.3) is 0 Å². The second-order valence-corrected chi connectivity index (χ2v) is 12.7. The fraction of sp³-hybridized carbons (Fsp3) is 0.200. The summed E-state index contributed by atoms with van der Waals surface area (Å²) in [5.41, 5.74) is 10.3. The molecule has 1 radical (unpaired) electrons. The Labute approximate surface area is 281 Å². The maximum absolute atomic E-state index is 4.77. The van der Waals surface area contributed by atoms with Crippen molar-refractivity contribution >= 4 is 0 Å². The number of hydrogen-bond donors (Lipinski definition) is 0. The maximum Gasteiger partial charge on any atom is 0.0889 e. The van der Waals surface area contributed by atoms with E-state index in [1.54, 1.807) is 6.20 Å². The Kier molecular flexibility index (Phi) is 10.9. The van der Waals surface area contributed by atoms with Crippen LogP contribution in [0.4, 0.5) is 0 Å². The van der Waals surface area contributed by atoms with E-state index >= 15 is 0 Å². The normalized spacial score (nSPS) is 11.2. The van der Waals surface area contributed by atoms with Gasteiger partial charge in [-0.1, -0.05) is 83.0 Å². The molecule has 5 heteroatoms. The van der Waals surface area contributed by atoms with Gasteiger partial charge in [-0.15, -0.1) is 60.2 Å². The van der Waals surface area contributed by atoms with E-state index in [-0.39, 0.29) is 30.9 Å². The molecule has 0 aliphatic heterocycles. The van der Waals surface area contributed by atoms with Crippen molar-refractivity contribution in [2.45, 2.75) is 52.4 Å². The van der Waals surface area contributed by atoms with E-state index in [1.165, 1.54) is 11.1 Å². The van der Waals surface area contributed by atoms with Crippen LogP contribution in [0.15, 0.2) is 122 Å². The SMILES string of the molecule is CC(C)(C)c1ccnc(-c2cc(C(C)(C)C)ccn2)c1.[Ir].[c-]1ccccc1-c1cccc(-c2[c-]c(-c3ccccn3)ccc2)n1. The Hall–Kier alpha value is -4.31. The van der Waals surface area contributed by atoms with Gasteiger partial charge >= 0.3 is 0 Å². The minimum atomic E-state index is 0. The quantitative estimate of drug-likeness (QED) is 0.168. The second kappa shape index (κ2) is 14.6. The van der Waals surface area contributed by atoms with Crippen LogP contribution in [0.5, 0.6) is 0 Å². The fourth-order valence-corrected chi connectivity index (χ4v) is 4.65. The van der Waals surface area contributed by atoms with Gasteiger partial charge in [-0.2, -0.15) is 0 Å². The molecular weight excluding hydrogens is 729 g/mol. The molecule has 229 valence electrons.